The third-order valence-electron chi connectivity index (χ3n) is 3.00. The van der Waals surface area contributed by atoms with Crippen LogP contribution in [0.3, 0.4) is 0 Å². The lowest BCUT2D eigenvalue weighted by Crippen LogP contribution is -2.56. The molecule has 136 valence electrons. The van der Waals surface area contributed by atoms with Crippen molar-refractivity contribution in [3.63, 3.8) is 0 Å². The predicted octanol–water partition coefficient (Wildman–Crippen LogP) is -0.458. The highest BCUT2D eigenvalue weighted by molar-refractivity contribution is 8.17. The first kappa shape index (κ1) is 22.5. The van der Waals surface area contributed by atoms with Gasteiger partial charge in [0.15, 0.2) is 0 Å². The molecule has 0 bridgehead atoms. The van der Waals surface area contributed by atoms with Crippen LogP contribution in [0.4, 0.5) is 0 Å². The van der Waals surface area contributed by atoms with Crippen molar-refractivity contribution in [1.29, 1.82) is 0 Å². The minimum Gasteiger partial charge on any atom is -0.388 e. The van der Waals surface area contributed by atoms with Gasteiger partial charge in [-0.1, -0.05) is 13.8 Å². The molecule has 0 spiro atoms. The largest absolute Gasteiger partial charge is 0.388 e. The van der Waals surface area contributed by atoms with Crippen molar-refractivity contribution in [3.8, 4) is 0 Å². The van der Waals surface area contributed by atoms with E-state index in [-0.39, 0.29) is 22.9 Å². The van der Waals surface area contributed by atoms with Crippen LogP contribution in [0.5, 0.6) is 0 Å². The molecule has 9 heteroatoms. The zero-order chi connectivity index (χ0) is 18.0. The van der Waals surface area contributed by atoms with Crippen molar-refractivity contribution in [2.24, 2.45) is 0 Å². The molecule has 4 unspecified atom stereocenters. The first-order chi connectivity index (χ1) is 10.7. The van der Waals surface area contributed by atoms with Crippen LogP contribution < -0.4 is 10.6 Å². The van der Waals surface area contributed by atoms with E-state index in [0.717, 1.165) is 11.5 Å². The highest BCUT2D eigenvalue weighted by Gasteiger charge is 2.36. The van der Waals surface area contributed by atoms with E-state index in [2.05, 4.69) is 10.6 Å². The van der Waals surface area contributed by atoms with Gasteiger partial charge in [0.05, 0.1) is 16.7 Å². The summed E-state index contributed by atoms with van der Waals surface area (Å²) in [6, 6.07) is -0.718. The lowest BCUT2D eigenvalue weighted by molar-refractivity contribution is -0.122. The van der Waals surface area contributed by atoms with Gasteiger partial charge >= 0.3 is 0 Å². The zero-order valence-electron chi connectivity index (χ0n) is 14.0. The minimum absolute atomic E-state index is 0.161. The number of hydrogen-bond acceptors (Lipinski definition) is 7. The Balaban J connectivity index is 5.04. The molecule has 0 rings (SSSR count). The lowest BCUT2D eigenvalue weighted by Gasteiger charge is -2.34. The van der Waals surface area contributed by atoms with E-state index in [9.17, 15) is 24.9 Å². The van der Waals surface area contributed by atoms with Crippen LogP contribution in [-0.2, 0) is 9.59 Å². The van der Waals surface area contributed by atoms with Crippen LogP contribution >= 0.6 is 23.5 Å². The van der Waals surface area contributed by atoms with Crippen molar-refractivity contribution in [3.05, 3.63) is 0 Å². The van der Waals surface area contributed by atoms with E-state index in [4.69, 9.17) is 0 Å². The molecule has 7 nitrogen and oxygen atoms in total. The summed E-state index contributed by atoms with van der Waals surface area (Å²) in [5.41, 5.74) is 0. The summed E-state index contributed by atoms with van der Waals surface area (Å²) in [5.74, 6) is 0.900. The summed E-state index contributed by atoms with van der Waals surface area (Å²) in [6.07, 6.45) is -4.18. The molecule has 2 amide bonds. The first-order valence-corrected chi connectivity index (χ1v) is 9.63. The molecule has 0 radical (unpaired) electrons. The van der Waals surface area contributed by atoms with Crippen LogP contribution in [0.15, 0.2) is 0 Å². The van der Waals surface area contributed by atoms with Crippen LogP contribution in [0.25, 0.3) is 0 Å². The normalized spacial score (nSPS) is 16.5. The molecule has 0 aromatic heterocycles. The van der Waals surface area contributed by atoms with E-state index in [1.54, 1.807) is 23.5 Å². The molecule has 4 atom stereocenters. The molecule has 0 heterocycles. The number of thioether (sulfide) groups is 2. The molecule has 0 aromatic rings. The highest BCUT2D eigenvalue weighted by atomic mass is 32.2. The molecule has 0 aliphatic rings. The quantitative estimate of drug-likeness (QED) is 0.313. The van der Waals surface area contributed by atoms with E-state index in [1.165, 1.54) is 13.8 Å². The minimum atomic E-state index is -1.49. The number of aliphatic hydroxyl groups is 3. The number of nitrogens with one attached hydrogen (secondary N) is 2. The molecule has 0 fully saturated rings. The third kappa shape index (κ3) is 8.80. The molecule has 5 N–H and O–H groups in total. The maximum Gasteiger partial charge on any atom is 0.217 e. The molecule has 0 aromatic carbocycles. The van der Waals surface area contributed by atoms with Gasteiger partial charge in [-0.05, 0) is 11.5 Å². The molecule has 0 saturated heterocycles. The second-order valence-electron chi connectivity index (χ2n) is 4.99. The van der Waals surface area contributed by atoms with Gasteiger partial charge in [0.1, 0.15) is 12.2 Å². The Morgan fingerprint density at radius 1 is 0.957 bits per heavy atom. The second kappa shape index (κ2) is 12.0. The Morgan fingerprint density at radius 3 is 1.87 bits per heavy atom. The smallest absolute Gasteiger partial charge is 0.217 e. The summed E-state index contributed by atoms with van der Waals surface area (Å²) >= 11 is 3.11. The standard InChI is InChI=1S/C14H28N2O5S2/c1-5-22-14(23-6-2)11(16-9(4)18)13(21)12(20)10(19)7-15-8(3)17/h10-14,19-21H,5-7H2,1-4H3,(H,15,17)(H,16,18). The van der Waals surface area contributed by atoms with Crippen LogP contribution in [0, 0.1) is 0 Å². The van der Waals surface area contributed by atoms with Crippen LogP contribution in [0.1, 0.15) is 27.7 Å². The monoisotopic (exact) mass is 368 g/mol. The van der Waals surface area contributed by atoms with Gasteiger partial charge in [-0.15, -0.1) is 23.5 Å². The van der Waals surface area contributed by atoms with Gasteiger partial charge in [-0.3, -0.25) is 9.59 Å². The predicted molar refractivity (Wildman–Crippen MR) is 94.4 cm³/mol. The number of hydrogen-bond donors (Lipinski definition) is 5. The Bertz CT molecular complexity index is 367. The fourth-order valence-electron chi connectivity index (χ4n) is 1.94. The topological polar surface area (TPSA) is 119 Å². The molecule has 0 aliphatic heterocycles. The van der Waals surface area contributed by atoms with Gasteiger partial charge in [0.25, 0.3) is 0 Å². The number of amides is 2. The SMILES string of the molecule is CCSC(SCC)C(NC(C)=O)C(O)C(O)C(O)CNC(C)=O. The van der Waals surface area contributed by atoms with Crippen LogP contribution in [-0.4, -0.2) is 74.1 Å². The fraction of sp³-hybridized carbons (Fsp3) is 0.857. The highest BCUT2D eigenvalue weighted by Crippen LogP contribution is 2.29. The number of carbonyl (C=O) groups excluding carboxylic acids is 2. The van der Waals surface area contributed by atoms with Gasteiger partial charge in [-0.2, -0.15) is 0 Å². The molecule has 0 saturated carbocycles. The molecular formula is C14H28N2O5S2. The van der Waals surface area contributed by atoms with Gasteiger partial charge in [-0.25, -0.2) is 0 Å². The summed E-state index contributed by atoms with van der Waals surface area (Å²) < 4.78 is -0.161. The summed E-state index contributed by atoms with van der Waals surface area (Å²) in [5, 5.41) is 35.5. The first-order valence-electron chi connectivity index (χ1n) is 7.53. The van der Waals surface area contributed by atoms with Gasteiger partial charge in [0.2, 0.25) is 11.8 Å². The fourth-order valence-corrected chi connectivity index (χ4v) is 4.67. The van der Waals surface area contributed by atoms with Crippen molar-refractivity contribution in [1.82, 2.24) is 10.6 Å². The molecular weight excluding hydrogens is 340 g/mol. The summed E-state index contributed by atoms with van der Waals surface area (Å²) in [6.45, 7) is 6.39. The summed E-state index contributed by atoms with van der Waals surface area (Å²) in [7, 11) is 0. The number of aliphatic hydroxyl groups excluding tert-OH is 3. The van der Waals surface area contributed by atoms with Crippen molar-refractivity contribution >= 4 is 35.3 Å². The van der Waals surface area contributed by atoms with Crippen molar-refractivity contribution in [2.75, 3.05) is 18.1 Å². The average Bonchev–Trinajstić information content (AvgIpc) is 2.48. The van der Waals surface area contributed by atoms with E-state index in [0.29, 0.717) is 0 Å². The van der Waals surface area contributed by atoms with Crippen molar-refractivity contribution < 1.29 is 24.9 Å². The van der Waals surface area contributed by atoms with Gasteiger partial charge in [0, 0.05) is 20.4 Å². The molecule has 0 aliphatic carbocycles. The van der Waals surface area contributed by atoms with Crippen molar-refractivity contribution in [2.45, 2.75) is 56.6 Å². The molecule has 23 heavy (non-hydrogen) atoms. The van der Waals surface area contributed by atoms with Crippen LogP contribution in [0.2, 0.25) is 0 Å². The number of rotatable bonds is 11. The maximum absolute atomic E-state index is 11.4. The Morgan fingerprint density at radius 2 is 1.48 bits per heavy atom. The lowest BCUT2D eigenvalue weighted by atomic mass is 10.0. The van der Waals surface area contributed by atoms with E-state index < -0.39 is 24.4 Å². The zero-order valence-corrected chi connectivity index (χ0v) is 15.6. The summed E-state index contributed by atoms with van der Waals surface area (Å²) in [4.78, 5) is 22.3. The number of carbonyl (C=O) groups is 2. The Hall–Kier alpha value is -0.480. The van der Waals surface area contributed by atoms with Gasteiger partial charge < -0.3 is 26.0 Å². The third-order valence-corrected chi connectivity index (χ3v) is 5.72. The Labute approximate surface area is 146 Å². The Kier molecular flexibility index (Phi) is 11.7. The maximum atomic E-state index is 11.4. The van der Waals surface area contributed by atoms with E-state index in [1.807, 2.05) is 13.8 Å². The average molecular weight is 369 g/mol. The van der Waals surface area contributed by atoms with E-state index >= 15 is 0 Å². The second-order valence-corrected chi connectivity index (χ2v) is 8.13.